The average molecular weight is 188 g/mol. The summed E-state index contributed by atoms with van der Waals surface area (Å²) in [6.07, 6.45) is 11.8. The van der Waals surface area contributed by atoms with Crippen LogP contribution in [0.2, 0.25) is 0 Å². The summed E-state index contributed by atoms with van der Waals surface area (Å²) in [4.78, 5) is 0. The van der Waals surface area contributed by atoms with Crippen molar-refractivity contribution in [2.24, 2.45) is 5.10 Å². The van der Waals surface area contributed by atoms with Gasteiger partial charge in [-0.05, 0) is 26.0 Å². The Labute approximate surface area is 85.6 Å². The lowest BCUT2D eigenvalue weighted by Gasteiger charge is -2.20. The van der Waals surface area contributed by atoms with Gasteiger partial charge < -0.3 is 0 Å². The molecular weight excluding hydrogens is 172 g/mol. The summed E-state index contributed by atoms with van der Waals surface area (Å²) in [5, 5.41) is 6.43. The van der Waals surface area contributed by atoms with Crippen LogP contribution >= 0.6 is 0 Å². The Morgan fingerprint density at radius 2 is 2.43 bits per heavy atom. The predicted molar refractivity (Wildman–Crippen MR) is 62.0 cm³/mol. The van der Waals surface area contributed by atoms with Crippen LogP contribution in [0.3, 0.4) is 0 Å². The van der Waals surface area contributed by atoms with Crippen molar-refractivity contribution in [2.45, 2.75) is 13.8 Å². The maximum Gasteiger partial charge on any atom is 0.0596 e. The normalized spacial score (nSPS) is 17.4. The SMILES string of the molecule is C=C/C=C\C(C)=NN1CC=CC=C1C. The molecule has 74 valence electrons. The Morgan fingerprint density at radius 3 is 3.07 bits per heavy atom. The first-order valence-corrected chi connectivity index (χ1v) is 4.69. The smallest absolute Gasteiger partial charge is 0.0596 e. The van der Waals surface area contributed by atoms with Gasteiger partial charge in [0.2, 0.25) is 0 Å². The van der Waals surface area contributed by atoms with Crippen LogP contribution in [0.5, 0.6) is 0 Å². The van der Waals surface area contributed by atoms with Gasteiger partial charge in [0.05, 0.1) is 12.3 Å². The van der Waals surface area contributed by atoms with Crippen molar-refractivity contribution in [3.05, 3.63) is 48.7 Å². The highest BCUT2D eigenvalue weighted by molar-refractivity contribution is 5.92. The quantitative estimate of drug-likeness (QED) is 0.491. The summed E-state index contributed by atoms with van der Waals surface area (Å²) >= 11 is 0. The fraction of sp³-hybridized carbons (Fsp3) is 0.250. The molecule has 0 atom stereocenters. The minimum atomic E-state index is 0.849. The molecule has 0 unspecified atom stereocenters. The number of rotatable bonds is 3. The van der Waals surface area contributed by atoms with E-state index in [0.717, 1.165) is 12.3 Å². The van der Waals surface area contributed by atoms with Crippen molar-refractivity contribution < 1.29 is 0 Å². The highest BCUT2D eigenvalue weighted by Crippen LogP contribution is 2.09. The molecular formula is C12H16N2. The summed E-state index contributed by atoms with van der Waals surface area (Å²) < 4.78 is 0. The van der Waals surface area contributed by atoms with E-state index in [1.165, 1.54) is 5.70 Å². The zero-order chi connectivity index (χ0) is 10.4. The second kappa shape index (κ2) is 5.22. The van der Waals surface area contributed by atoms with Gasteiger partial charge >= 0.3 is 0 Å². The third-order valence-electron chi connectivity index (χ3n) is 1.91. The lowest BCUT2D eigenvalue weighted by atomic mass is 10.3. The molecule has 0 aromatic carbocycles. The largest absolute Gasteiger partial charge is 0.266 e. The van der Waals surface area contributed by atoms with Crippen LogP contribution in [-0.2, 0) is 0 Å². The van der Waals surface area contributed by atoms with E-state index in [-0.39, 0.29) is 0 Å². The highest BCUT2D eigenvalue weighted by Gasteiger charge is 2.03. The van der Waals surface area contributed by atoms with Crippen molar-refractivity contribution in [2.75, 3.05) is 6.54 Å². The number of hydrazone groups is 1. The first kappa shape index (κ1) is 10.5. The molecule has 2 heteroatoms. The third kappa shape index (κ3) is 3.05. The molecule has 0 aromatic rings. The summed E-state index contributed by atoms with van der Waals surface area (Å²) in [6.45, 7) is 8.50. The molecule has 0 amide bonds. The molecule has 1 rings (SSSR count). The lowest BCUT2D eigenvalue weighted by molar-refractivity contribution is 0.401. The van der Waals surface area contributed by atoms with Gasteiger partial charge in [0.15, 0.2) is 0 Å². The van der Waals surface area contributed by atoms with Gasteiger partial charge in [0.1, 0.15) is 0 Å². The Kier molecular flexibility index (Phi) is 3.92. The van der Waals surface area contributed by atoms with Crippen LogP contribution in [0.4, 0.5) is 0 Å². The number of hydrogen-bond donors (Lipinski definition) is 0. The van der Waals surface area contributed by atoms with Crippen molar-refractivity contribution in [3.8, 4) is 0 Å². The fourth-order valence-electron chi connectivity index (χ4n) is 1.15. The van der Waals surface area contributed by atoms with E-state index in [2.05, 4.69) is 36.8 Å². The standard InChI is InChI=1S/C12H16N2/c1-4-5-8-11(2)13-14-10-7-6-9-12(14)3/h4-9H,1,10H2,2-3H3/b8-5-,13-11?. The van der Waals surface area contributed by atoms with Gasteiger partial charge in [-0.3, -0.25) is 5.01 Å². The number of hydrogen-bond acceptors (Lipinski definition) is 2. The minimum absolute atomic E-state index is 0.849. The van der Waals surface area contributed by atoms with Crippen LogP contribution in [0.1, 0.15) is 13.8 Å². The van der Waals surface area contributed by atoms with Crippen molar-refractivity contribution in [3.63, 3.8) is 0 Å². The lowest BCUT2D eigenvalue weighted by Crippen LogP contribution is -2.18. The molecule has 0 saturated heterocycles. The molecule has 14 heavy (non-hydrogen) atoms. The zero-order valence-electron chi connectivity index (χ0n) is 8.77. The van der Waals surface area contributed by atoms with E-state index in [9.17, 15) is 0 Å². The molecule has 1 aliphatic heterocycles. The summed E-state index contributed by atoms with van der Waals surface area (Å²) in [5.41, 5.74) is 2.15. The average Bonchev–Trinajstić information content (AvgIpc) is 2.18. The van der Waals surface area contributed by atoms with Crippen LogP contribution < -0.4 is 0 Å². The highest BCUT2D eigenvalue weighted by atomic mass is 15.5. The maximum atomic E-state index is 4.45. The van der Waals surface area contributed by atoms with E-state index < -0.39 is 0 Å². The molecule has 0 spiro atoms. The van der Waals surface area contributed by atoms with Crippen LogP contribution in [0.25, 0.3) is 0 Å². The molecule has 0 fully saturated rings. The van der Waals surface area contributed by atoms with Gasteiger partial charge in [0, 0.05) is 5.70 Å². The molecule has 1 heterocycles. The Hall–Kier alpha value is -1.57. The number of allylic oxidation sites excluding steroid dienone is 6. The second-order valence-corrected chi connectivity index (χ2v) is 3.15. The molecule has 0 bridgehead atoms. The van der Waals surface area contributed by atoms with E-state index in [0.29, 0.717) is 0 Å². The molecule has 0 N–H and O–H groups in total. The Bertz CT molecular complexity index is 319. The molecule has 2 nitrogen and oxygen atoms in total. The predicted octanol–water partition coefficient (Wildman–Crippen LogP) is 2.88. The van der Waals surface area contributed by atoms with Crippen molar-refractivity contribution in [1.82, 2.24) is 5.01 Å². The van der Waals surface area contributed by atoms with Gasteiger partial charge in [-0.15, -0.1) is 0 Å². The van der Waals surface area contributed by atoms with Gasteiger partial charge in [-0.2, -0.15) is 5.10 Å². The fourth-order valence-corrected chi connectivity index (χ4v) is 1.15. The second-order valence-electron chi connectivity index (χ2n) is 3.15. The van der Waals surface area contributed by atoms with E-state index in [1.807, 2.05) is 24.1 Å². The Balaban J connectivity index is 2.67. The van der Waals surface area contributed by atoms with Crippen molar-refractivity contribution >= 4 is 5.71 Å². The van der Waals surface area contributed by atoms with E-state index in [4.69, 9.17) is 0 Å². The third-order valence-corrected chi connectivity index (χ3v) is 1.91. The van der Waals surface area contributed by atoms with Crippen molar-refractivity contribution in [1.29, 1.82) is 0 Å². The number of nitrogens with zero attached hydrogens (tertiary/aromatic N) is 2. The first-order chi connectivity index (χ1) is 6.74. The first-order valence-electron chi connectivity index (χ1n) is 4.69. The maximum absolute atomic E-state index is 4.45. The van der Waals surface area contributed by atoms with E-state index >= 15 is 0 Å². The minimum Gasteiger partial charge on any atom is -0.266 e. The molecule has 0 aromatic heterocycles. The molecule has 0 saturated carbocycles. The van der Waals surface area contributed by atoms with Gasteiger partial charge in [-0.25, -0.2) is 0 Å². The van der Waals surface area contributed by atoms with Crippen LogP contribution in [0.15, 0.2) is 53.8 Å². The Morgan fingerprint density at radius 1 is 1.64 bits per heavy atom. The summed E-state index contributed by atoms with van der Waals surface area (Å²) in [7, 11) is 0. The van der Waals surface area contributed by atoms with Gasteiger partial charge in [0.25, 0.3) is 0 Å². The molecule has 1 aliphatic rings. The zero-order valence-corrected chi connectivity index (χ0v) is 8.77. The topological polar surface area (TPSA) is 15.6 Å². The van der Waals surface area contributed by atoms with Crippen LogP contribution in [-0.4, -0.2) is 17.3 Å². The summed E-state index contributed by atoms with van der Waals surface area (Å²) in [5.74, 6) is 0. The van der Waals surface area contributed by atoms with Crippen LogP contribution in [0, 0.1) is 0 Å². The molecule has 0 aliphatic carbocycles. The van der Waals surface area contributed by atoms with E-state index in [1.54, 1.807) is 6.08 Å². The monoisotopic (exact) mass is 188 g/mol. The van der Waals surface area contributed by atoms with Gasteiger partial charge in [-0.1, -0.05) is 30.9 Å². The summed E-state index contributed by atoms with van der Waals surface area (Å²) in [6, 6.07) is 0. The molecule has 0 radical (unpaired) electrons.